The summed E-state index contributed by atoms with van der Waals surface area (Å²) in [6.07, 6.45) is 0. The molecule has 34 heavy (non-hydrogen) atoms. The molecule has 4 rings (SSSR count). The standard InChI is InChI=1S/C25H26N2O6S/c1-17-11-18(2)13-21(12-17)31-10-9-27(3)25(28)19-5-4-6-22(14-19)34(29,30)26-20-7-8-23-24(15-20)33-16-32-23/h4-8,11-15,26H,9-10,16H2,1-3H3. The van der Waals surface area contributed by atoms with E-state index >= 15 is 0 Å². The molecule has 1 aliphatic rings. The van der Waals surface area contributed by atoms with Gasteiger partial charge in [-0.25, -0.2) is 8.42 Å². The number of hydrogen-bond acceptors (Lipinski definition) is 6. The van der Waals surface area contributed by atoms with Crippen LogP contribution in [0.1, 0.15) is 21.5 Å². The van der Waals surface area contributed by atoms with Crippen molar-refractivity contribution in [1.82, 2.24) is 4.90 Å². The highest BCUT2D eigenvalue weighted by Gasteiger charge is 2.20. The van der Waals surface area contributed by atoms with Crippen LogP contribution in [0.2, 0.25) is 0 Å². The van der Waals surface area contributed by atoms with Gasteiger partial charge >= 0.3 is 0 Å². The number of carbonyl (C=O) groups is 1. The summed E-state index contributed by atoms with van der Waals surface area (Å²) < 4.78 is 44.6. The summed E-state index contributed by atoms with van der Waals surface area (Å²) in [5.74, 6) is 1.47. The van der Waals surface area contributed by atoms with E-state index < -0.39 is 10.0 Å². The van der Waals surface area contributed by atoms with Gasteiger partial charge in [-0.1, -0.05) is 12.1 Å². The number of carbonyl (C=O) groups excluding carboxylic acids is 1. The Morgan fingerprint density at radius 3 is 2.50 bits per heavy atom. The van der Waals surface area contributed by atoms with Crippen molar-refractivity contribution in [2.75, 3.05) is 31.7 Å². The van der Waals surface area contributed by atoms with Gasteiger partial charge in [0.1, 0.15) is 12.4 Å². The Bertz CT molecular complexity index is 1300. The van der Waals surface area contributed by atoms with Gasteiger partial charge in [0.2, 0.25) is 6.79 Å². The molecule has 9 heteroatoms. The Labute approximate surface area is 199 Å². The third-order valence-corrected chi connectivity index (χ3v) is 6.63. The second-order valence-corrected chi connectivity index (χ2v) is 9.78. The highest BCUT2D eigenvalue weighted by Crippen LogP contribution is 2.34. The van der Waals surface area contributed by atoms with Gasteiger partial charge in [-0.2, -0.15) is 0 Å². The quantitative estimate of drug-likeness (QED) is 0.522. The zero-order valence-corrected chi connectivity index (χ0v) is 20.0. The summed E-state index contributed by atoms with van der Waals surface area (Å²) in [5, 5.41) is 0. The fraction of sp³-hybridized carbons (Fsp3) is 0.240. The van der Waals surface area contributed by atoms with Crippen LogP contribution < -0.4 is 18.9 Å². The van der Waals surface area contributed by atoms with Crippen LogP contribution >= 0.6 is 0 Å². The number of aryl methyl sites for hydroxylation is 2. The summed E-state index contributed by atoms with van der Waals surface area (Å²) >= 11 is 0. The summed E-state index contributed by atoms with van der Waals surface area (Å²) in [6.45, 7) is 4.75. The van der Waals surface area contributed by atoms with E-state index in [0.29, 0.717) is 30.3 Å². The zero-order valence-electron chi connectivity index (χ0n) is 19.2. The van der Waals surface area contributed by atoms with Crippen molar-refractivity contribution in [3.05, 3.63) is 77.4 Å². The zero-order chi connectivity index (χ0) is 24.3. The fourth-order valence-electron chi connectivity index (χ4n) is 3.61. The molecule has 0 spiro atoms. The van der Waals surface area contributed by atoms with Gasteiger partial charge in [0, 0.05) is 18.7 Å². The number of rotatable bonds is 8. The molecule has 0 bridgehead atoms. The second kappa shape index (κ2) is 9.64. The predicted molar refractivity (Wildman–Crippen MR) is 128 cm³/mol. The van der Waals surface area contributed by atoms with Crippen LogP contribution in [0.15, 0.2) is 65.6 Å². The van der Waals surface area contributed by atoms with Crippen LogP contribution in [0.4, 0.5) is 5.69 Å². The van der Waals surface area contributed by atoms with E-state index in [1.165, 1.54) is 17.0 Å². The predicted octanol–water partition coefficient (Wildman–Crippen LogP) is 3.98. The molecule has 178 valence electrons. The first-order valence-electron chi connectivity index (χ1n) is 10.7. The van der Waals surface area contributed by atoms with Crippen LogP contribution in [0, 0.1) is 13.8 Å². The van der Waals surface area contributed by atoms with Crippen LogP contribution in [0.5, 0.6) is 17.2 Å². The minimum atomic E-state index is -3.92. The number of benzene rings is 3. The molecule has 1 aliphatic heterocycles. The van der Waals surface area contributed by atoms with Gasteiger partial charge in [-0.15, -0.1) is 0 Å². The Morgan fingerprint density at radius 1 is 1.00 bits per heavy atom. The fourth-order valence-corrected chi connectivity index (χ4v) is 4.70. The van der Waals surface area contributed by atoms with Crippen molar-refractivity contribution in [2.45, 2.75) is 18.7 Å². The van der Waals surface area contributed by atoms with Gasteiger partial charge in [-0.3, -0.25) is 9.52 Å². The van der Waals surface area contributed by atoms with Crippen molar-refractivity contribution in [3.8, 4) is 17.2 Å². The number of sulfonamides is 1. The second-order valence-electron chi connectivity index (χ2n) is 8.10. The number of nitrogens with one attached hydrogen (secondary N) is 1. The largest absolute Gasteiger partial charge is 0.492 e. The van der Waals surface area contributed by atoms with Crippen molar-refractivity contribution < 1.29 is 27.4 Å². The van der Waals surface area contributed by atoms with Gasteiger partial charge in [0.25, 0.3) is 15.9 Å². The van der Waals surface area contributed by atoms with Gasteiger partial charge < -0.3 is 19.1 Å². The first-order chi connectivity index (χ1) is 16.2. The van der Waals surface area contributed by atoms with Gasteiger partial charge in [0.05, 0.1) is 17.1 Å². The summed E-state index contributed by atoms with van der Waals surface area (Å²) in [5.41, 5.74) is 2.81. The van der Waals surface area contributed by atoms with Crippen molar-refractivity contribution in [1.29, 1.82) is 0 Å². The third-order valence-electron chi connectivity index (χ3n) is 5.25. The maximum atomic E-state index is 12.9. The number of nitrogens with zero attached hydrogens (tertiary/aromatic N) is 1. The van der Waals surface area contributed by atoms with Crippen LogP contribution in [-0.4, -0.2) is 46.2 Å². The maximum Gasteiger partial charge on any atom is 0.261 e. The van der Waals surface area contributed by atoms with E-state index in [-0.39, 0.29) is 23.2 Å². The van der Waals surface area contributed by atoms with Gasteiger partial charge in [0.15, 0.2) is 11.5 Å². The third kappa shape index (κ3) is 5.43. The molecule has 3 aromatic carbocycles. The average molecular weight is 483 g/mol. The first kappa shape index (κ1) is 23.4. The average Bonchev–Trinajstić information content (AvgIpc) is 3.25. The molecule has 0 saturated heterocycles. The Morgan fingerprint density at radius 2 is 1.74 bits per heavy atom. The molecule has 1 amide bonds. The lowest BCUT2D eigenvalue weighted by Gasteiger charge is -2.18. The number of hydrogen-bond donors (Lipinski definition) is 1. The lowest BCUT2D eigenvalue weighted by molar-refractivity contribution is 0.0773. The minimum absolute atomic E-state index is 0.0177. The lowest BCUT2D eigenvalue weighted by Crippen LogP contribution is -2.31. The van der Waals surface area contributed by atoms with E-state index in [9.17, 15) is 13.2 Å². The van der Waals surface area contributed by atoms with Crippen LogP contribution in [0.25, 0.3) is 0 Å². The Kier molecular flexibility index (Phi) is 6.65. The van der Waals surface area contributed by atoms with E-state index in [1.807, 2.05) is 26.0 Å². The van der Waals surface area contributed by atoms with Crippen molar-refractivity contribution in [2.24, 2.45) is 0 Å². The molecule has 3 aromatic rings. The minimum Gasteiger partial charge on any atom is -0.492 e. The topological polar surface area (TPSA) is 94.2 Å². The number of fused-ring (bicyclic) bond motifs is 1. The molecule has 0 unspecified atom stereocenters. The van der Waals surface area contributed by atoms with Crippen LogP contribution in [0.3, 0.4) is 0 Å². The monoisotopic (exact) mass is 482 g/mol. The number of ether oxygens (including phenoxy) is 3. The number of amides is 1. The Balaban J connectivity index is 1.40. The number of anilines is 1. The summed E-state index contributed by atoms with van der Waals surface area (Å²) in [7, 11) is -2.26. The molecule has 0 aromatic heterocycles. The molecule has 0 atom stereocenters. The highest BCUT2D eigenvalue weighted by molar-refractivity contribution is 7.92. The molecule has 8 nitrogen and oxygen atoms in total. The molecule has 0 aliphatic carbocycles. The lowest BCUT2D eigenvalue weighted by atomic mass is 10.1. The molecule has 1 heterocycles. The van der Waals surface area contributed by atoms with E-state index in [4.69, 9.17) is 14.2 Å². The van der Waals surface area contributed by atoms with E-state index in [0.717, 1.165) is 16.9 Å². The molecular formula is C25H26N2O6S. The summed E-state index contributed by atoms with van der Waals surface area (Å²) in [4.78, 5) is 14.4. The molecular weight excluding hydrogens is 456 g/mol. The first-order valence-corrected chi connectivity index (χ1v) is 12.2. The van der Waals surface area contributed by atoms with Crippen LogP contribution in [-0.2, 0) is 10.0 Å². The highest BCUT2D eigenvalue weighted by atomic mass is 32.2. The molecule has 0 radical (unpaired) electrons. The van der Waals surface area contributed by atoms with Crippen molar-refractivity contribution in [3.63, 3.8) is 0 Å². The SMILES string of the molecule is Cc1cc(C)cc(OCCN(C)C(=O)c2cccc(S(=O)(=O)Nc3ccc4c(c3)OCO4)c2)c1. The van der Waals surface area contributed by atoms with Crippen molar-refractivity contribution >= 4 is 21.6 Å². The number of likely N-dealkylation sites (N-methyl/N-ethyl adjacent to an activating group) is 1. The van der Waals surface area contributed by atoms with Gasteiger partial charge in [-0.05, 0) is 67.4 Å². The van der Waals surface area contributed by atoms with E-state index in [2.05, 4.69) is 10.8 Å². The normalized spacial score (nSPS) is 12.3. The maximum absolute atomic E-state index is 12.9. The smallest absolute Gasteiger partial charge is 0.261 e. The summed E-state index contributed by atoms with van der Waals surface area (Å²) in [6, 6.07) is 16.6. The molecule has 0 saturated carbocycles. The van der Waals surface area contributed by atoms with E-state index in [1.54, 1.807) is 37.4 Å². The Hall–Kier alpha value is -3.72. The molecule has 1 N–H and O–H groups in total. The molecule has 0 fully saturated rings.